The minimum atomic E-state index is -0.500. The van der Waals surface area contributed by atoms with Gasteiger partial charge in [0.25, 0.3) is 0 Å². The molecular formula is C6H13N3O. The molecule has 4 heteroatoms. The molecule has 4 nitrogen and oxygen atoms in total. The first-order valence-electron chi connectivity index (χ1n) is 3.19. The first-order valence-corrected chi connectivity index (χ1v) is 3.19. The van der Waals surface area contributed by atoms with Crippen molar-refractivity contribution < 1.29 is 4.79 Å². The molecule has 58 valence electrons. The van der Waals surface area contributed by atoms with Gasteiger partial charge in [-0.2, -0.15) is 0 Å². The number of primary amides is 1. The molecule has 0 heterocycles. The highest BCUT2D eigenvalue weighted by Crippen LogP contribution is 1.88. The van der Waals surface area contributed by atoms with Crippen molar-refractivity contribution in [3.05, 3.63) is 0 Å². The number of carbonyl (C=O) groups is 1. The van der Waals surface area contributed by atoms with Gasteiger partial charge >= 0.3 is 0 Å². The summed E-state index contributed by atoms with van der Waals surface area (Å²) >= 11 is 0. The molecule has 0 rings (SSSR count). The van der Waals surface area contributed by atoms with Crippen LogP contribution in [0.2, 0.25) is 0 Å². The van der Waals surface area contributed by atoms with Crippen molar-refractivity contribution in [2.24, 2.45) is 16.5 Å². The maximum absolute atomic E-state index is 10.4. The summed E-state index contributed by atoms with van der Waals surface area (Å²) < 4.78 is 0. The molecule has 0 saturated carbocycles. The van der Waals surface area contributed by atoms with Crippen LogP contribution >= 0.6 is 0 Å². The Hall–Kier alpha value is -1.06. The van der Waals surface area contributed by atoms with E-state index in [9.17, 15) is 4.79 Å². The molecule has 10 heavy (non-hydrogen) atoms. The lowest BCUT2D eigenvalue weighted by atomic mass is 10.3. The number of nitrogens with two attached hydrogens (primary N) is 2. The Kier molecular flexibility index (Phi) is 3.46. The Bertz CT molecular complexity index is 153. The van der Waals surface area contributed by atoms with Crippen LogP contribution in [0.15, 0.2) is 4.99 Å². The fourth-order valence-corrected chi connectivity index (χ4v) is 0.404. The van der Waals surface area contributed by atoms with Gasteiger partial charge in [0.1, 0.15) is 6.04 Å². The van der Waals surface area contributed by atoms with Gasteiger partial charge in [-0.05, 0) is 6.92 Å². The molecule has 0 aliphatic carbocycles. The van der Waals surface area contributed by atoms with E-state index >= 15 is 0 Å². The number of hydrogen-bond acceptors (Lipinski definition) is 2. The molecule has 0 radical (unpaired) electrons. The average molecular weight is 143 g/mol. The first-order chi connectivity index (χ1) is 4.57. The highest BCUT2D eigenvalue weighted by atomic mass is 16.1. The van der Waals surface area contributed by atoms with E-state index in [1.54, 1.807) is 6.92 Å². The third-order valence-electron chi connectivity index (χ3n) is 1.13. The Labute approximate surface area is 60.3 Å². The van der Waals surface area contributed by atoms with Crippen LogP contribution in [-0.2, 0) is 4.79 Å². The van der Waals surface area contributed by atoms with Gasteiger partial charge in [-0.1, -0.05) is 6.92 Å². The Morgan fingerprint density at radius 1 is 1.60 bits per heavy atom. The summed E-state index contributed by atoms with van der Waals surface area (Å²) in [7, 11) is 0. The summed E-state index contributed by atoms with van der Waals surface area (Å²) in [6.07, 6.45) is 0.650. The Balaban J connectivity index is 3.99. The van der Waals surface area contributed by atoms with E-state index < -0.39 is 11.9 Å². The van der Waals surface area contributed by atoms with Gasteiger partial charge in [-0.15, -0.1) is 0 Å². The number of hydrogen-bond donors (Lipinski definition) is 2. The molecule has 4 N–H and O–H groups in total. The molecule has 1 amide bonds. The fraction of sp³-hybridized carbons (Fsp3) is 0.667. The van der Waals surface area contributed by atoms with E-state index in [0.29, 0.717) is 12.3 Å². The second-order valence-electron chi connectivity index (χ2n) is 2.05. The van der Waals surface area contributed by atoms with Gasteiger partial charge in [0.2, 0.25) is 5.91 Å². The van der Waals surface area contributed by atoms with Gasteiger partial charge in [0.15, 0.2) is 0 Å². The molecule has 0 bridgehead atoms. The van der Waals surface area contributed by atoms with Crippen LogP contribution in [-0.4, -0.2) is 17.8 Å². The molecule has 0 aromatic heterocycles. The number of nitrogens with zero attached hydrogens (tertiary/aromatic N) is 1. The van der Waals surface area contributed by atoms with Crippen LogP contribution < -0.4 is 11.5 Å². The van der Waals surface area contributed by atoms with Crippen molar-refractivity contribution in [1.29, 1.82) is 0 Å². The number of amidine groups is 1. The topological polar surface area (TPSA) is 81.5 Å². The molecule has 1 atom stereocenters. The monoisotopic (exact) mass is 143 g/mol. The highest BCUT2D eigenvalue weighted by molar-refractivity contribution is 5.86. The zero-order valence-corrected chi connectivity index (χ0v) is 6.29. The smallest absolute Gasteiger partial charge is 0.241 e. The summed E-state index contributed by atoms with van der Waals surface area (Å²) in [5.41, 5.74) is 10.3. The minimum absolute atomic E-state index is 0.448. The summed E-state index contributed by atoms with van der Waals surface area (Å²) in [6.45, 7) is 3.48. The van der Waals surface area contributed by atoms with E-state index in [0.717, 1.165) is 0 Å². The van der Waals surface area contributed by atoms with E-state index in [1.165, 1.54) is 0 Å². The van der Waals surface area contributed by atoms with Crippen LogP contribution in [0, 0.1) is 0 Å². The van der Waals surface area contributed by atoms with Gasteiger partial charge in [-0.3, -0.25) is 9.79 Å². The van der Waals surface area contributed by atoms with Crippen molar-refractivity contribution in [3.63, 3.8) is 0 Å². The lowest BCUT2D eigenvalue weighted by molar-refractivity contribution is -0.118. The van der Waals surface area contributed by atoms with Crippen molar-refractivity contribution >= 4 is 11.7 Å². The Morgan fingerprint density at radius 2 is 2.10 bits per heavy atom. The number of amides is 1. The summed E-state index contributed by atoms with van der Waals surface area (Å²) in [4.78, 5) is 14.2. The van der Waals surface area contributed by atoms with E-state index in [1.807, 2.05) is 6.92 Å². The molecule has 0 aromatic carbocycles. The lowest BCUT2D eigenvalue weighted by Crippen LogP contribution is -2.26. The predicted molar refractivity (Wildman–Crippen MR) is 40.6 cm³/mol. The standard InChI is InChI=1S/C6H13N3O/c1-3-5(7)9-4(2)6(8)10/h4H,3H2,1-2H3,(H2,7,9)(H2,8,10). The van der Waals surface area contributed by atoms with Gasteiger partial charge < -0.3 is 11.5 Å². The largest absolute Gasteiger partial charge is 0.387 e. The average Bonchev–Trinajstić information content (AvgIpc) is 1.87. The van der Waals surface area contributed by atoms with Crippen LogP contribution in [0.4, 0.5) is 0 Å². The maximum atomic E-state index is 10.4. The minimum Gasteiger partial charge on any atom is -0.387 e. The van der Waals surface area contributed by atoms with Crippen LogP contribution in [0.1, 0.15) is 20.3 Å². The second-order valence-corrected chi connectivity index (χ2v) is 2.05. The van der Waals surface area contributed by atoms with Crippen molar-refractivity contribution in [1.82, 2.24) is 0 Å². The van der Waals surface area contributed by atoms with Crippen molar-refractivity contribution in [2.45, 2.75) is 26.3 Å². The van der Waals surface area contributed by atoms with Crippen LogP contribution in [0.5, 0.6) is 0 Å². The van der Waals surface area contributed by atoms with Crippen molar-refractivity contribution in [3.8, 4) is 0 Å². The molecule has 1 unspecified atom stereocenters. The van der Waals surface area contributed by atoms with Gasteiger partial charge in [0.05, 0.1) is 5.84 Å². The molecule has 0 aromatic rings. The molecular weight excluding hydrogens is 130 g/mol. The summed E-state index contributed by atoms with van der Waals surface area (Å²) in [5.74, 6) is 0.0164. The molecule has 0 fully saturated rings. The molecule has 0 spiro atoms. The first kappa shape index (κ1) is 8.94. The predicted octanol–water partition coefficient (Wildman–Crippen LogP) is -0.373. The number of rotatable bonds is 3. The summed E-state index contributed by atoms with van der Waals surface area (Å²) in [5, 5.41) is 0. The molecule has 0 saturated heterocycles. The normalized spacial score (nSPS) is 14.8. The zero-order valence-electron chi connectivity index (χ0n) is 6.29. The Morgan fingerprint density at radius 3 is 2.40 bits per heavy atom. The van der Waals surface area contributed by atoms with Gasteiger partial charge in [-0.25, -0.2) is 0 Å². The van der Waals surface area contributed by atoms with Crippen LogP contribution in [0.25, 0.3) is 0 Å². The van der Waals surface area contributed by atoms with Crippen molar-refractivity contribution in [2.75, 3.05) is 0 Å². The fourth-order valence-electron chi connectivity index (χ4n) is 0.404. The quantitative estimate of drug-likeness (QED) is 0.417. The number of carbonyl (C=O) groups excluding carboxylic acids is 1. The SMILES string of the molecule is CCC(N)=NC(C)C(N)=O. The highest BCUT2D eigenvalue weighted by Gasteiger charge is 2.04. The zero-order chi connectivity index (χ0) is 8.15. The van der Waals surface area contributed by atoms with E-state index in [4.69, 9.17) is 11.5 Å². The van der Waals surface area contributed by atoms with Gasteiger partial charge in [0, 0.05) is 6.42 Å². The van der Waals surface area contributed by atoms with Crippen LogP contribution in [0.3, 0.4) is 0 Å². The third kappa shape index (κ3) is 3.06. The maximum Gasteiger partial charge on any atom is 0.241 e. The molecule has 0 aliphatic rings. The lowest BCUT2D eigenvalue weighted by Gasteiger charge is -2.00. The van der Waals surface area contributed by atoms with E-state index in [2.05, 4.69) is 4.99 Å². The van der Waals surface area contributed by atoms with E-state index in [-0.39, 0.29) is 0 Å². The number of aliphatic imine (C=N–C) groups is 1. The second kappa shape index (κ2) is 3.87. The summed E-state index contributed by atoms with van der Waals surface area (Å²) in [6, 6.07) is -0.500. The molecule has 0 aliphatic heterocycles. The third-order valence-corrected chi connectivity index (χ3v) is 1.13.